The first-order valence-electron chi connectivity index (χ1n) is 7.28. The standard InChI is InChI=1S/C17H18FN3O/c1-9(2)14-10(3)19-16-15(11(4)20-21(16)17(14)22)12-6-5-7-13(18)8-12/h5-9,20H,1-4H3. The zero-order chi connectivity index (χ0) is 16.0. The molecule has 1 aromatic carbocycles. The Bertz CT molecular complexity index is 922. The van der Waals surface area contributed by atoms with Crippen LogP contribution in [0.15, 0.2) is 29.1 Å². The molecule has 5 heteroatoms. The number of benzene rings is 1. The van der Waals surface area contributed by atoms with Crippen LogP contribution in [0.2, 0.25) is 0 Å². The van der Waals surface area contributed by atoms with E-state index < -0.39 is 0 Å². The molecule has 0 aliphatic carbocycles. The van der Waals surface area contributed by atoms with Crippen molar-refractivity contribution in [1.82, 2.24) is 14.6 Å². The van der Waals surface area contributed by atoms with Gasteiger partial charge in [0.15, 0.2) is 5.65 Å². The fraction of sp³-hybridized carbons (Fsp3) is 0.294. The van der Waals surface area contributed by atoms with Gasteiger partial charge in [-0.2, -0.15) is 0 Å². The summed E-state index contributed by atoms with van der Waals surface area (Å²) in [4.78, 5) is 17.3. The molecule has 4 nitrogen and oxygen atoms in total. The van der Waals surface area contributed by atoms with Crippen LogP contribution < -0.4 is 5.56 Å². The molecule has 0 saturated heterocycles. The minimum Gasteiger partial charge on any atom is -0.293 e. The number of aryl methyl sites for hydroxylation is 2. The van der Waals surface area contributed by atoms with Crippen LogP contribution in [0, 0.1) is 19.7 Å². The van der Waals surface area contributed by atoms with Gasteiger partial charge in [0, 0.05) is 22.5 Å². The first-order valence-corrected chi connectivity index (χ1v) is 7.28. The summed E-state index contributed by atoms with van der Waals surface area (Å²) >= 11 is 0. The number of halogens is 1. The molecule has 0 spiro atoms. The van der Waals surface area contributed by atoms with Gasteiger partial charge in [0.1, 0.15) is 5.82 Å². The lowest BCUT2D eigenvalue weighted by atomic mass is 10.0. The van der Waals surface area contributed by atoms with Crippen molar-refractivity contribution in [2.45, 2.75) is 33.6 Å². The first-order chi connectivity index (χ1) is 10.4. The van der Waals surface area contributed by atoms with Crippen LogP contribution in [0.3, 0.4) is 0 Å². The summed E-state index contributed by atoms with van der Waals surface area (Å²) in [7, 11) is 0. The molecule has 0 fully saturated rings. The van der Waals surface area contributed by atoms with Crippen molar-refractivity contribution in [2.24, 2.45) is 0 Å². The van der Waals surface area contributed by atoms with Gasteiger partial charge in [0.25, 0.3) is 5.56 Å². The molecule has 3 aromatic rings. The average Bonchev–Trinajstić information content (AvgIpc) is 2.75. The third-order valence-electron chi connectivity index (χ3n) is 3.88. The highest BCUT2D eigenvalue weighted by Crippen LogP contribution is 2.28. The van der Waals surface area contributed by atoms with E-state index in [0.29, 0.717) is 16.8 Å². The van der Waals surface area contributed by atoms with Crippen molar-refractivity contribution in [3.63, 3.8) is 0 Å². The van der Waals surface area contributed by atoms with Crippen molar-refractivity contribution in [3.05, 3.63) is 57.4 Å². The van der Waals surface area contributed by atoms with Crippen LogP contribution in [-0.4, -0.2) is 14.6 Å². The van der Waals surface area contributed by atoms with Gasteiger partial charge in [-0.15, -0.1) is 0 Å². The van der Waals surface area contributed by atoms with Gasteiger partial charge in [-0.25, -0.2) is 13.9 Å². The summed E-state index contributed by atoms with van der Waals surface area (Å²) in [5, 5.41) is 3.05. The number of nitrogens with one attached hydrogen (secondary N) is 1. The third kappa shape index (κ3) is 2.13. The van der Waals surface area contributed by atoms with E-state index in [-0.39, 0.29) is 17.3 Å². The zero-order valence-electron chi connectivity index (χ0n) is 13.1. The summed E-state index contributed by atoms with van der Waals surface area (Å²) < 4.78 is 15.0. The molecule has 2 heterocycles. The molecule has 0 bridgehead atoms. The first kappa shape index (κ1) is 14.5. The zero-order valence-corrected chi connectivity index (χ0v) is 13.1. The van der Waals surface area contributed by atoms with E-state index in [4.69, 9.17) is 0 Å². The molecule has 1 N–H and O–H groups in total. The molecule has 3 rings (SSSR count). The Kier molecular flexibility index (Phi) is 3.35. The molecule has 0 atom stereocenters. The fourth-order valence-corrected chi connectivity index (χ4v) is 2.96. The lowest BCUT2D eigenvalue weighted by Gasteiger charge is -2.08. The van der Waals surface area contributed by atoms with E-state index in [1.807, 2.05) is 33.8 Å². The number of nitrogens with zero attached hydrogens (tertiary/aromatic N) is 2. The second kappa shape index (κ2) is 5.09. The summed E-state index contributed by atoms with van der Waals surface area (Å²) in [6.45, 7) is 7.65. The number of rotatable bonds is 2. The Morgan fingerprint density at radius 1 is 1.27 bits per heavy atom. The van der Waals surface area contributed by atoms with Gasteiger partial charge >= 0.3 is 0 Å². The molecule has 0 unspecified atom stereocenters. The van der Waals surface area contributed by atoms with E-state index in [9.17, 15) is 9.18 Å². The van der Waals surface area contributed by atoms with E-state index in [2.05, 4.69) is 10.1 Å². The Morgan fingerprint density at radius 3 is 2.64 bits per heavy atom. The molecule has 0 amide bonds. The second-order valence-electron chi connectivity index (χ2n) is 5.85. The quantitative estimate of drug-likeness (QED) is 0.786. The summed E-state index contributed by atoms with van der Waals surface area (Å²) in [6.07, 6.45) is 0. The molecule has 0 saturated carbocycles. The molecule has 0 aliphatic heterocycles. The highest BCUT2D eigenvalue weighted by molar-refractivity contribution is 5.79. The van der Waals surface area contributed by atoms with Gasteiger partial charge in [-0.3, -0.25) is 9.89 Å². The predicted molar refractivity (Wildman–Crippen MR) is 84.8 cm³/mol. The molecule has 114 valence electrons. The highest BCUT2D eigenvalue weighted by Gasteiger charge is 2.19. The molecule has 2 aromatic heterocycles. The van der Waals surface area contributed by atoms with Gasteiger partial charge in [-0.05, 0) is 37.5 Å². The minimum absolute atomic E-state index is 0.0942. The summed E-state index contributed by atoms with van der Waals surface area (Å²) in [5.41, 5.74) is 4.12. The van der Waals surface area contributed by atoms with Gasteiger partial charge in [0.05, 0.1) is 0 Å². The van der Waals surface area contributed by atoms with Gasteiger partial charge < -0.3 is 0 Å². The monoisotopic (exact) mass is 299 g/mol. The smallest absolute Gasteiger partial charge is 0.276 e. The van der Waals surface area contributed by atoms with Gasteiger partial charge in [-0.1, -0.05) is 26.0 Å². The van der Waals surface area contributed by atoms with Crippen LogP contribution in [-0.2, 0) is 0 Å². The highest BCUT2D eigenvalue weighted by atomic mass is 19.1. The van der Waals surface area contributed by atoms with Crippen molar-refractivity contribution in [2.75, 3.05) is 0 Å². The SMILES string of the molecule is Cc1nc2c(-c3cccc(F)c3)c(C)[nH]n2c(=O)c1C(C)C. The number of H-pyrrole nitrogens is 1. The molecular formula is C17H18FN3O. The topological polar surface area (TPSA) is 50.2 Å². The minimum atomic E-state index is -0.311. The lowest BCUT2D eigenvalue weighted by molar-refractivity contribution is 0.628. The fourth-order valence-electron chi connectivity index (χ4n) is 2.96. The van der Waals surface area contributed by atoms with E-state index in [0.717, 1.165) is 17.0 Å². The number of hydrogen-bond acceptors (Lipinski definition) is 2. The van der Waals surface area contributed by atoms with Crippen molar-refractivity contribution >= 4 is 5.65 Å². The van der Waals surface area contributed by atoms with Crippen molar-refractivity contribution in [3.8, 4) is 11.1 Å². The van der Waals surface area contributed by atoms with Crippen LogP contribution >= 0.6 is 0 Å². The van der Waals surface area contributed by atoms with Crippen LogP contribution in [0.4, 0.5) is 4.39 Å². The van der Waals surface area contributed by atoms with E-state index in [1.54, 1.807) is 6.07 Å². The van der Waals surface area contributed by atoms with E-state index in [1.165, 1.54) is 16.6 Å². The number of hydrogen-bond donors (Lipinski definition) is 1. The number of fused-ring (bicyclic) bond motifs is 1. The summed E-state index contributed by atoms with van der Waals surface area (Å²) in [6, 6.07) is 6.32. The molecular weight excluding hydrogens is 281 g/mol. The van der Waals surface area contributed by atoms with Crippen LogP contribution in [0.1, 0.15) is 36.7 Å². The number of aromatic nitrogens is 3. The molecule has 22 heavy (non-hydrogen) atoms. The Morgan fingerprint density at radius 2 is 2.00 bits per heavy atom. The maximum atomic E-state index is 13.5. The second-order valence-corrected chi connectivity index (χ2v) is 5.85. The maximum absolute atomic E-state index is 13.5. The molecule has 0 radical (unpaired) electrons. The largest absolute Gasteiger partial charge is 0.293 e. The van der Waals surface area contributed by atoms with Gasteiger partial charge in [0.2, 0.25) is 0 Å². The van der Waals surface area contributed by atoms with Crippen molar-refractivity contribution < 1.29 is 4.39 Å². The van der Waals surface area contributed by atoms with Crippen LogP contribution in [0.25, 0.3) is 16.8 Å². The molecule has 0 aliphatic rings. The lowest BCUT2D eigenvalue weighted by Crippen LogP contribution is -2.22. The third-order valence-corrected chi connectivity index (χ3v) is 3.88. The Labute approximate surface area is 127 Å². The predicted octanol–water partition coefficient (Wildman–Crippen LogP) is 3.57. The average molecular weight is 299 g/mol. The maximum Gasteiger partial charge on any atom is 0.276 e. The van der Waals surface area contributed by atoms with E-state index >= 15 is 0 Å². The number of aromatic amines is 1. The van der Waals surface area contributed by atoms with Crippen molar-refractivity contribution in [1.29, 1.82) is 0 Å². The van der Waals surface area contributed by atoms with Crippen LogP contribution in [0.5, 0.6) is 0 Å². The Hall–Kier alpha value is -2.43. The summed E-state index contributed by atoms with van der Waals surface area (Å²) in [5.74, 6) is -0.216. The Balaban J connectivity index is 2.39. The normalized spacial score (nSPS) is 11.5.